The predicted octanol–water partition coefficient (Wildman–Crippen LogP) is 2.61. The maximum Gasteiger partial charge on any atom is 0.336 e. The number of benzene rings is 1. The van der Waals surface area contributed by atoms with Crippen LogP contribution >= 0.6 is 0 Å². The Kier molecular flexibility index (Phi) is 3.69. The highest BCUT2D eigenvalue weighted by atomic mass is 16.5. The van der Waals surface area contributed by atoms with Crippen molar-refractivity contribution in [3.8, 4) is 11.5 Å². The standard InChI is InChI=1S/C13H9N3O3/c1-14-10-3-9(13(17)18-2)4-11(5-10)19-12-6-15-8-16-7-12/h3-8H,2H3. The minimum absolute atomic E-state index is 0.253. The molecule has 1 aromatic carbocycles. The van der Waals surface area contributed by atoms with Gasteiger partial charge in [0, 0.05) is 0 Å². The van der Waals surface area contributed by atoms with Gasteiger partial charge in [0.25, 0.3) is 0 Å². The molecule has 6 nitrogen and oxygen atoms in total. The minimum Gasteiger partial charge on any atom is -0.465 e. The van der Waals surface area contributed by atoms with Crippen molar-refractivity contribution >= 4 is 11.7 Å². The summed E-state index contributed by atoms with van der Waals surface area (Å²) in [6.07, 6.45) is 4.34. The van der Waals surface area contributed by atoms with Gasteiger partial charge in [-0.25, -0.2) is 19.6 Å². The molecule has 0 saturated heterocycles. The lowest BCUT2D eigenvalue weighted by atomic mass is 10.2. The van der Waals surface area contributed by atoms with Gasteiger partial charge < -0.3 is 9.47 Å². The Labute approximate surface area is 109 Å². The van der Waals surface area contributed by atoms with E-state index in [1.807, 2.05) is 0 Å². The second-order valence-corrected chi connectivity index (χ2v) is 3.50. The topological polar surface area (TPSA) is 65.7 Å². The summed E-state index contributed by atoms with van der Waals surface area (Å²) in [7, 11) is 1.28. The molecule has 0 bridgehead atoms. The summed E-state index contributed by atoms with van der Waals surface area (Å²) in [5, 5.41) is 0. The van der Waals surface area contributed by atoms with E-state index >= 15 is 0 Å². The van der Waals surface area contributed by atoms with Crippen LogP contribution in [0.5, 0.6) is 11.5 Å². The fraction of sp³-hybridized carbons (Fsp3) is 0.0769. The molecule has 1 aromatic heterocycles. The largest absolute Gasteiger partial charge is 0.465 e. The summed E-state index contributed by atoms with van der Waals surface area (Å²) in [5.41, 5.74) is 0.539. The first-order valence-electron chi connectivity index (χ1n) is 5.26. The van der Waals surface area contributed by atoms with Gasteiger partial charge in [-0.2, -0.15) is 0 Å². The molecule has 1 heterocycles. The van der Waals surface area contributed by atoms with Crippen molar-refractivity contribution in [3.63, 3.8) is 0 Å². The summed E-state index contributed by atoms with van der Waals surface area (Å²) in [5.74, 6) is 0.240. The van der Waals surface area contributed by atoms with Gasteiger partial charge in [0.15, 0.2) is 11.4 Å². The summed E-state index contributed by atoms with van der Waals surface area (Å²) in [4.78, 5) is 22.4. The van der Waals surface area contributed by atoms with Crippen molar-refractivity contribution in [3.05, 3.63) is 53.9 Å². The van der Waals surface area contributed by atoms with E-state index in [-0.39, 0.29) is 11.3 Å². The fourth-order valence-electron chi connectivity index (χ4n) is 1.42. The third kappa shape index (κ3) is 3.04. The molecule has 0 amide bonds. The number of hydrogen-bond acceptors (Lipinski definition) is 5. The van der Waals surface area contributed by atoms with E-state index in [0.29, 0.717) is 11.5 Å². The van der Waals surface area contributed by atoms with Crippen molar-refractivity contribution in [1.82, 2.24) is 9.97 Å². The van der Waals surface area contributed by atoms with Gasteiger partial charge in [0.2, 0.25) is 0 Å². The molecule has 0 unspecified atom stereocenters. The highest BCUT2D eigenvalue weighted by Gasteiger charge is 2.10. The second-order valence-electron chi connectivity index (χ2n) is 3.50. The molecular formula is C13H9N3O3. The maximum atomic E-state index is 11.5. The van der Waals surface area contributed by atoms with Crippen LogP contribution in [0.2, 0.25) is 0 Å². The normalized spacial score (nSPS) is 9.47. The predicted molar refractivity (Wildman–Crippen MR) is 66.1 cm³/mol. The number of ether oxygens (including phenoxy) is 2. The average Bonchev–Trinajstić information content (AvgIpc) is 2.47. The summed E-state index contributed by atoms with van der Waals surface area (Å²) >= 11 is 0. The number of carbonyl (C=O) groups excluding carboxylic acids is 1. The third-order valence-electron chi connectivity index (χ3n) is 2.21. The first-order chi connectivity index (χ1) is 9.22. The molecule has 94 valence electrons. The van der Waals surface area contributed by atoms with Crippen molar-refractivity contribution < 1.29 is 14.3 Å². The van der Waals surface area contributed by atoms with Crippen molar-refractivity contribution in [2.24, 2.45) is 0 Å². The third-order valence-corrected chi connectivity index (χ3v) is 2.21. The molecule has 0 atom stereocenters. The molecule has 0 radical (unpaired) electrons. The van der Waals surface area contributed by atoms with Crippen LogP contribution in [0, 0.1) is 6.57 Å². The monoisotopic (exact) mass is 255 g/mol. The van der Waals surface area contributed by atoms with Gasteiger partial charge in [0.1, 0.15) is 12.1 Å². The number of hydrogen-bond donors (Lipinski definition) is 0. The number of esters is 1. The second kappa shape index (κ2) is 5.60. The minimum atomic E-state index is -0.528. The molecule has 0 aliphatic heterocycles. The Bertz CT molecular complexity index is 635. The van der Waals surface area contributed by atoms with Gasteiger partial charge in [-0.05, 0) is 18.2 Å². The van der Waals surface area contributed by atoms with Gasteiger partial charge in [-0.1, -0.05) is 0 Å². The Morgan fingerprint density at radius 3 is 2.58 bits per heavy atom. The van der Waals surface area contributed by atoms with E-state index in [4.69, 9.17) is 11.3 Å². The molecule has 2 aromatic rings. The first-order valence-corrected chi connectivity index (χ1v) is 5.26. The molecule has 0 N–H and O–H groups in total. The Hall–Kier alpha value is -2.94. The number of methoxy groups -OCH3 is 1. The van der Waals surface area contributed by atoms with Crippen LogP contribution in [0.15, 0.2) is 36.9 Å². The lowest BCUT2D eigenvalue weighted by Crippen LogP contribution is -2.01. The molecule has 19 heavy (non-hydrogen) atoms. The molecule has 6 heteroatoms. The highest BCUT2D eigenvalue weighted by molar-refractivity contribution is 5.91. The molecule has 0 fully saturated rings. The SMILES string of the molecule is [C-]#[N+]c1cc(Oc2cncnc2)cc(C(=O)OC)c1. The van der Waals surface area contributed by atoms with Crippen LogP contribution in [-0.2, 0) is 4.74 Å². The zero-order valence-corrected chi connectivity index (χ0v) is 10.0. The smallest absolute Gasteiger partial charge is 0.336 e. The lowest BCUT2D eigenvalue weighted by Gasteiger charge is -2.07. The first kappa shape index (κ1) is 12.5. The van der Waals surface area contributed by atoms with Crippen LogP contribution in [-0.4, -0.2) is 23.0 Å². The van der Waals surface area contributed by atoms with Gasteiger partial charge in [-0.3, -0.25) is 0 Å². The van der Waals surface area contributed by atoms with Crippen LogP contribution < -0.4 is 4.74 Å². The van der Waals surface area contributed by atoms with E-state index in [9.17, 15) is 4.79 Å². The van der Waals surface area contributed by atoms with E-state index < -0.39 is 5.97 Å². The number of nitrogens with zero attached hydrogens (tertiary/aromatic N) is 3. The zero-order valence-electron chi connectivity index (χ0n) is 10.0. The zero-order chi connectivity index (χ0) is 13.7. The van der Waals surface area contributed by atoms with E-state index in [0.717, 1.165) is 0 Å². The molecule has 0 aliphatic carbocycles. The van der Waals surface area contributed by atoms with Crippen molar-refractivity contribution in [2.45, 2.75) is 0 Å². The summed E-state index contributed by atoms with van der Waals surface area (Å²) < 4.78 is 10.1. The molecular weight excluding hydrogens is 246 g/mol. The lowest BCUT2D eigenvalue weighted by molar-refractivity contribution is 0.0600. The molecule has 0 spiro atoms. The van der Waals surface area contributed by atoms with Crippen LogP contribution in [0.25, 0.3) is 4.85 Å². The summed E-state index contributed by atoms with van der Waals surface area (Å²) in [6, 6.07) is 4.45. The van der Waals surface area contributed by atoms with Gasteiger partial charge in [0.05, 0.1) is 31.6 Å². The van der Waals surface area contributed by atoms with Crippen LogP contribution in [0.1, 0.15) is 10.4 Å². The van der Waals surface area contributed by atoms with Gasteiger partial charge in [-0.15, -0.1) is 0 Å². The number of carbonyl (C=O) groups is 1. The molecule has 0 aliphatic rings. The molecule has 2 rings (SSSR count). The van der Waals surface area contributed by atoms with E-state index in [1.54, 1.807) is 0 Å². The molecule has 0 saturated carbocycles. The Morgan fingerprint density at radius 1 is 1.21 bits per heavy atom. The fourth-order valence-corrected chi connectivity index (χ4v) is 1.42. The summed E-state index contributed by atoms with van der Waals surface area (Å²) in [6.45, 7) is 7.01. The Balaban J connectivity index is 2.35. The number of rotatable bonds is 3. The van der Waals surface area contributed by atoms with Crippen LogP contribution in [0.3, 0.4) is 0 Å². The average molecular weight is 255 g/mol. The van der Waals surface area contributed by atoms with Crippen molar-refractivity contribution in [2.75, 3.05) is 7.11 Å². The maximum absolute atomic E-state index is 11.5. The quantitative estimate of drug-likeness (QED) is 0.623. The number of aromatic nitrogens is 2. The van der Waals surface area contributed by atoms with E-state index in [2.05, 4.69) is 19.5 Å². The van der Waals surface area contributed by atoms with Crippen molar-refractivity contribution in [1.29, 1.82) is 0 Å². The van der Waals surface area contributed by atoms with Crippen LogP contribution in [0.4, 0.5) is 5.69 Å². The van der Waals surface area contributed by atoms with E-state index in [1.165, 1.54) is 44.0 Å². The Morgan fingerprint density at radius 2 is 1.95 bits per heavy atom. The van der Waals surface area contributed by atoms with Gasteiger partial charge >= 0.3 is 5.97 Å². The highest BCUT2D eigenvalue weighted by Crippen LogP contribution is 2.27.